The molecule has 0 bridgehead atoms. The number of urea groups is 1. The first-order chi connectivity index (χ1) is 17.4. The van der Waals surface area contributed by atoms with Gasteiger partial charge in [0.15, 0.2) is 0 Å². The van der Waals surface area contributed by atoms with Gasteiger partial charge in [-0.05, 0) is 48.7 Å². The number of benzene rings is 2. The van der Waals surface area contributed by atoms with Crippen LogP contribution in [0.25, 0.3) is 6.08 Å². The highest BCUT2D eigenvalue weighted by molar-refractivity contribution is 6.31. The Hall–Kier alpha value is -4.27. The molecule has 36 heavy (non-hydrogen) atoms. The van der Waals surface area contributed by atoms with Crippen molar-refractivity contribution in [3.8, 4) is 5.75 Å². The standard InChI is InChI=1S/C27H25N3O6/c1-36-22-12-11-16(13-17(22)15-29-24(32)19-9-5-6-10-20(19)25(29)33)14-21-23(31)28-27(35)30(26(21)34)18-7-3-2-4-8-18/h5-6,9-14,18H,2-4,7-8,15H2,1H3,(H,28,31,35)/b21-14-. The Morgan fingerprint density at radius 1 is 0.917 bits per heavy atom. The van der Waals surface area contributed by atoms with Crippen LogP contribution in [0.5, 0.6) is 5.75 Å². The van der Waals surface area contributed by atoms with E-state index in [0.29, 0.717) is 40.8 Å². The average Bonchev–Trinajstić information content (AvgIpc) is 3.12. The SMILES string of the molecule is COc1ccc(/C=C2/C(=O)NC(=O)N(C3CCCCC3)C2=O)cc1CN1C(=O)c2ccccc2C1=O. The minimum absolute atomic E-state index is 0.0423. The smallest absolute Gasteiger partial charge is 0.331 e. The van der Waals surface area contributed by atoms with Gasteiger partial charge in [0.2, 0.25) is 0 Å². The summed E-state index contributed by atoms with van der Waals surface area (Å²) < 4.78 is 5.43. The number of nitrogens with one attached hydrogen (secondary N) is 1. The summed E-state index contributed by atoms with van der Waals surface area (Å²) in [4.78, 5) is 66.2. The van der Waals surface area contributed by atoms with Gasteiger partial charge in [-0.3, -0.25) is 34.3 Å². The molecular formula is C27H25N3O6. The van der Waals surface area contributed by atoms with E-state index in [1.165, 1.54) is 13.2 Å². The number of imide groups is 3. The van der Waals surface area contributed by atoms with Gasteiger partial charge < -0.3 is 4.74 Å². The first-order valence-electron chi connectivity index (χ1n) is 11.9. The highest BCUT2D eigenvalue weighted by Gasteiger charge is 2.40. The lowest BCUT2D eigenvalue weighted by Gasteiger charge is -2.35. The van der Waals surface area contributed by atoms with Crippen LogP contribution in [-0.2, 0) is 16.1 Å². The van der Waals surface area contributed by atoms with Crippen LogP contribution >= 0.6 is 0 Å². The largest absolute Gasteiger partial charge is 0.496 e. The quantitative estimate of drug-likeness (QED) is 0.393. The normalized spacial score (nSPS) is 19.7. The number of nitrogens with zero attached hydrogens (tertiary/aromatic N) is 2. The number of carbonyl (C=O) groups excluding carboxylic acids is 5. The second-order valence-electron chi connectivity index (χ2n) is 9.10. The van der Waals surface area contributed by atoms with Crippen molar-refractivity contribution in [2.45, 2.75) is 44.7 Å². The monoisotopic (exact) mass is 487 g/mol. The van der Waals surface area contributed by atoms with Crippen LogP contribution in [0.1, 0.15) is 63.9 Å². The number of rotatable bonds is 5. The summed E-state index contributed by atoms with van der Waals surface area (Å²) in [5, 5.41) is 2.28. The highest BCUT2D eigenvalue weighted by Crippen LogP contribution is 2.30. The molecule has 6 amide bonds. The van der Waals surface area contributed by atoms with Crippen molar-refractivity contribution in [3.05, 3.63) is 70.3 Å². The highest BCUT2D eigenvalue weighted by atomic mass is 16.5. The van der Waals surface area contributed by atoms with E-state index in [1.54, 1.807) is 42.5 Å². The average molecular weight is 488 g/mol. The molecule has 184 valence electrons. The summed E-state index contributed by atoms with van der Waals surface area (Å²) in [6.07, 6.45) is 5.76. The molecule has 2 heterocycles. The maximum atomic E-state index is 13.2. The van der Waals surface area contributed by atoms with E-state index in [-0.39, 0.29) is 18.2 Å². The lowest BCUT2D eigenvalue weighted by Crippen LogP contribution is -2.58. The van der Waals surface area contributed by atoms with Crippen molar-refractivity contribution in [3.63, 3.8) is 0 Å². The zero-order chi connectivity index (χ0) is 25.4. The topological polar surface area (TPSA) is 113 Å². The summed E-state index contributed by atoms with van der Waals surface area (Å²) >= 11 is 0. The number of carbonyl (C=O) groups is 5. The Labute approximate surface area is 207 Å². The Morgan fingerprint density at radius 3 is 2.22 bits per heavy atom. The predicted molar refractivity (Wildman–Crippen MR) is 129 cm³/mol. The van der Waals surface area contributed by atoms with Crippen LogP contribution < -0.4 is 10.1 Å². The molecule has 2 aliphatic heterocycles. The predicted octanol–water partition coefficient (Wildman–Crippen LogP) is 3.29. The molecule has 0 unspecified atom stereocenters. The van der Waals surface area contributed by atoms with Crippen LogP contribution in [0, 0.1) is 0 Å². The number of ether oxygens (including phenoxy) is 1. The molecule has 1 saturated carbocycles. The molecule has 2 aromatic carbocycles. The molecule has 0 spiro atoms. The van der Waals surface area contributed by atoms with Crippen molar-refractivity contribution >= 4 is 35.7 Å². The number of methoxy groups -OCH3 is 1. The van der Waals surface area contributed by atoms with E-state index in [0.717, 1.165) is 29.1 Å². The molecule has 1 N–H and O–H groups in total. The Kier molecular flexibility index (Phi) is 6.13. The zero-order valence-electron chi connectivity index (χ0n) is 19.8. The fraction of sp³-hybridized carbons (Fsp3) is 0.296. The minimum atomic E-state index is -0.755. The summed E-state index contributed by atoms with van der Waals surface area (Å²) in [6.45, 7) is -0.0423. The first-order valence-corrected chi connectivity index (χ1v) is 11.9. The van der Waals surface area contributed by atoms with Crippen LogP contribution in [0.2, 0.25) is 0 Å². The fourth-order valence-electron chi connectivity index (χ4n) is 5.07. The van der Waals surface area contributed by atoms with E-state index in [1.807, 2.05) is 0 Å². The van der Waals surface area contributed by atoms with E-state index in [4.69, 9.17) is 4.74 Å². The molecule has 2 aromatic rings. The van der Waals surface area contributed by atoms with Crippen LogP contribution in [-0.4, -0.2) is 52.6 Å². The Morgan fingerprint density at radius 2 is 1.58 bits per heavy atom. The van der Waals surface area contributed by atoms with Crippen molar-refractivity contribution in [2.24, 2.45) is 0 Å². The molecule has 1 saturated heterocycles. The lowest BCUT2D eigenvalue weighted by molar-refractivity contribution is -0.132. The molecule has 0 aromatic heterocycles. The third kappa shape index (κ3) is 4.06. The fourth-order valence-corrected chi connectivity index (χ4v) is 5.07. The molecular weight excluding hydrogens is 462 g/mol. The van der Waals surface area contributed by atoms with Gasteiger partial charge in [-0.25, -0.2) is 4.79 Å². The van der Waals surface area contributed by atoms with E-state index >= 15 is 0 Å². The molecule has 0 atom stereocenters. The molecule has 1 aliphatic carbocycles. The number of hydrogen-bond donors (Lipinski definition) is 1. The second-order valence-corrected chi connectivity index (χ2v) is 9.10. The van der Waals surface area contributed by atoms with Gasteiger partial charge in [0.05, 0.1) is 24.8 Å². The second kappa shape index (κ2) is 9.41. The van der Waals surface area contributed by atoms with Crippen LogP contribution in [0.15, 0.2) is 48.0 Å². The molecule has 3 aliphatic rings. The van der Waals surface area contributed by atoms with Crippen molar-refractivity contribution in [1.82, 2.24) is 15.1 Å². The lowest BCUT2D eigenvalue weighted by atomic mass is 9.93. The van der Waals surface area contributed by atoms with Gasteiger partial charge in [-0.15, -0.1) is 0 Å². The number of fused-ring (bicyclic) bond motifs is 1. The Bertz CT molecular complexity index is 1290. The van der Waals surface area contributed by atoms with Crippen LogP contribution in [0.4, 0.5) is 4.79 Å². The molecule has 9 heteroatoms. The minimum Gasteiger partial charge on any atom is -0.496 e. The van der Waals surface area contributed by atoms with E-state index in [9.17, 15) is 24.0 Å². The van der Waals surface area contributed by atoms with E-state index in [2.05, 4.69) is 5.32 Å². The summed E-state index contributed by atoms with van der Waals surface area (Å²) in [5.41, 5.74) is 1.58. The van der Waals surface area contributed by atoms with Crippen molar-refractivity contribution in [1.29, 1.82) is 0 Å². The molecule has 2 fully saturated rings. The first kappa shape index (κ1) is 23.5. The molecule has 0 radical (unpaired) electrons. The maximum Gasteiger partial charge on any atom is 0.331 e. The number of hydrogen-bond acceptors (Lipinski definition) is 6. The summed E-state index contributed by atoms with van der Waals surface area (Å²) in [5.74, 6) is -1.72. The zero-order valence-corrected chi connectivity index (χ0v) is 19.8. The third-order valence-corrected chi connectivity index (χ3v) is 6.90. The van der Waals surface area contributed by atoms with Gasteiger partial charge >= 0.3 is 6.03 Å². The van der Waals surface area contributed by atoms with Gasteiger partial charge in [0.1, 0.15) is 11.3 Å². The van der Waals surface area contributed by atoms with Gasteiger partial charge in [-0.1, -0.05) is 37.5 Å². The van der Waals surface area contributed by atoms with Gasteiger partial charge in [0.25, 0.3) is 23.6 Å². The van der Waals surface area contributed by atoms with Crippen molar-refractivity contribution < 1.29 is 28.7 Å². The Balaban J connectivity index is 1.44. The number of barbiturate groups is 1. The molecule has 9 nitrogen and oxygen atoms in total. The van der Waals surface area contributed by atoms with Gasteiger partial charge in [-0.2, -0.15) is 0 Å². The van der Waals surface area contributed by atoms with Crippen molar-refractivity contribution in [2.75, 3.05) is 7.11 Å². The third-order valence-electron chi connectivity index (χ3n) is 6.90. The number of amides is 6. The van der Waals surface area contributed by atoms with Gasteiger partial charge in [0, 0.05) is 11.6 Å². The summed E-state index contributed by atoms with van der Waals surface area (Å²) in [7, 11) is 1.48. The maximum absolute atomic E-state index is 13.2. The van der Waals surface area contributed by atoms with E-state index < -0.39 is 29.7 Å². The molecule has 5 rings (SSSR count). The summed E-state index contributed by atoms with van der Waals surface area (Å²) in [6, 6.07) is 10.7. The van der Waals surface area contributed by atoms with Crippen LogP contribution in [0.3, 0.4) is 0 Å².